The molecule has 1 aromatic carbocycles. The Bertz CT molecular complexity index is 794. The van der Waals surface area contributed by atoms with Crippen molar-refractivity contribution in [2.45, 2.75) is 38.3 Å². The molecule has 1 aliphatic rings. The van der Waals surface area contributed by atoms with Gasteiger partial charge in [-0.05, 0) is 30.4 Å². The van der Waals surface area contributed by atoms with Gasteiger partial charge in [0, 0.05) is 31.1 Å². The second-order valence-electron chi connectivity index (χ2n) is 6.78. The standard InChI is InChI=1S/C19H23N3O3/c1-13(19(25)11-22(12-19)14(2)23)21-18(24)7-6-15-4-3-5-16-10-20-9-8-17(15)16/h3-5,8-10,13,25H,6-7,11-12H2,1-2H3,(H,21,24). The lowest BCUT2D eigenvalue weighted by molar-refractivity contribution is -0.159. The molecule has 3 rings (SSSR count). The average molecular weight is 341 g/mol. The maximum Gasteiger partial charge on any atom is 0.220 e. The van der Waals surface area contributed by atoms with Crippen molar-refractivity contribution in [3.8, 4) is 0 Å². The van der Waals surface area contributed by atoms with Gasteiger partial charge in [-0.2, -0.15) is 0 Å². The van der Waals surface area contributed by atoms with Crippen LogP contribution in [0.1, 0.15) is 25.8 Å². The SMILES string of the molecule is CC(=O)N1CC(O)(C(C)NC(=O)CCc2cccc3cnccc23)C1. The number of pyridine rings is 1. The first-order valence-corrected chi connectivity index (χ1v) is 8.48. The van der Waals surface area contributed by atoms with E-state index in [4.69, 9.17) is 0 Å². The first-order valence-electron chi connectivity index (χ1n) is 8.48. The molecule has 1 unspecified atom stereocenters. The first-order chi connectivity index (χ1) is 11.9. The molecule has 2 heterocycles. The monoisotopic (exact) mass is 341 g/mol. The summed E-state index contributed by atoms with van der Waals surface area (Å²) in [6, 6.07) is 7.54. The van der Waals surface area contributed by atoms with Crippen molar-refractivity contribution in [2.24, 2.45) is 0 Å². The van der Waals surface area contributed by atoms with Gasteiger partial charge < -0.3 is 15.3 Å². The maximum absolute atomic E-state index is 12.2. The summed E-state index contributed by atoms with van der Waals surface area (Å²) in [5, 5.41) is 15.5. The quantitative estimate of drug-likeness (QED) is 0.858. The Morgan fingerprint density at radius 1 is 1.36 bits per heavy atom. The molecule has 2 aromatic rings. The number of nitrogens with zero attached hydrogens (tertiary/aromatic N) is 2. The summed E-state index contributed by atoms with van der Waals surface area (Å²) in [7, 11) is 0. The van der Waals surface area contributed by atoms with Crippen LogP contribution in [0.15, 0.2) is 36.7 Å². The summed E-state index contributed by atoms with van der Waals surface area (Å²) >= 11 is 0. The van der Waals surface area contributed by atoms with Crippen molar-refractivity contribution in [1.29, 1.82) is 0 Å². The molecule has 1 aliphatic heterocycles. The van der Waals surface area contributed by atoms with Gasteiger partial charge in [-0.3, -0.25) is 14.6 Å². The van der Waals surface area contributed by atoms with Crippen LogP contribution in [0.4, 0.5) is 0 Å². The Morgan fingerprint density at radius 2 is 2.12 bits per heavy atom. The van der Waals surface area contributed by atoms with E-state index in [1.807, 2.05) is 30.5 Å². The topological polar surface area (TPSA) is 82.5 Å². The van der Waals surface area contributed by atoms with Crippen LogP contribution in [-0.4, -0.2) is 51.5 Å². The zero-order valence-corrected chi connectivity index (χ0v) is 14.5. The highest BCUT2D eigenvalue weighted by molar-refractivity contribution is 5.85. The molecule has 1 aromatic heterocycles. The average Bonchev–Trinajstić information content (AvgIpc) is 2.56. The molecule has 1 atom stereocenters. The Labute approximate surface area is 146 Å². The molecular weight excluding hydrogens is 318 g/mol. The van der Waals surface area contributed by atoms with Crippen molar-refractivity contribution in [2.75, 3.05) is 13.1 Å². The number of β-amino-alcohol motifs (C(OH)–C–C–N with tert-alkyl or cyclic N) is 1. The number of hydrogen-bond acceptors (Lipinski definition) is 4. The number of aliphatic hydroxyl groups is 1. The van der Waals surface area contributed by atoms with Crippen LogP contribution in [-0.2, 0) is 16.0 Å². The van der Waals surface area contributed by atoms with E-state index >= 15 is 0 Å². The highest BCUT2D eigenvalue weighted by atomic mass is 16.3. The van der Waals surface area contributed by atoms with Gasteiger partial charge >= 0.3 is 0 Å². The number of likely N-dealkylation sites (tertiary alicyclic amines) is 1. The summed E-state index contributed by atoms with van der Waals surface area (Å²) in [5.74, 6) is -0.165. The van der Waals surface area contributed by atoms with Crippen molar-refractivity contribution < 1.29 is 14.7 Å². The lowest BCUT2D eigenvalue weighted by Crippen LogP contribution is -2.71. The number of carbonyl (C=O) groups is 2. The van der Waals surface area contributed by atoms with Crippen LogP contribution in [0.5, 0.6) is 0 Å². The Kier molecular flexibility index (Phi) is 4.72. The molecule has 25 heavy (non-hydrogen) atoms. The van der Waals surface area contributed by atoms with E-state index in [1.54, 1.807) is 18.0 Å². The van der Waals surface area contributed by atoms with Crippen LogP contribution < -0.4 is 5.32 Å². The summed E-state index contributed by atoms with van der Waals surface area (Å²) in [4.78, 5) is 29.2. The lowest BCUT2D eigenvalue weighted by atomic mass is 9.86. The predicted octanol–water partition coefficient (Wildman–Crippen LogP) is 1.27. The molecule has 0 saturated carbocycles. The van der Waals surface area contributed by atoms with Crippen molar-refractivity contribution >= 4 is 22.6 Å². The Morgan fingerprint density at radius 3 is 2.84 bits per heavy atom. The number of hydrogen-bond donors (Lipinski definition) is 2. The van der Waals surface area contributed by atoms with Crippen molar-refractivity contribution in [3.63, 3.8) is 0 Å². The number of carbonyl (C=O) groups excluding carboxylic acids is 2. The predicted molar refractivity (Wildman–Crippen MR) is 94.9 cm³/mol. The zero-order valence-electron chi connectivity index (χ0n) is 14.5. The molecule has 6 nitrogen and oxygen atoms in total. The first kappa shape index (κ1) is 17.4. The van der Waals surface area contributed by atoms with E-state index < -0.39 is 11.6 Å². The minimum absolute atomic E-state index is 0.0614. The van der Waals surface area contributed by atoms with Crippen LogP contribution >= 0.6 is 0 Å². The van der Waals surface area contributed by atoms with Crippen molar-refractivity contribution in [1.82, 2.24) is 15.2 Å². The molecule has 0 aliphatic carbocycles. The fraction of sp³-hybridized carbons (Fsp3) is 0.421. The van der Waals surface area contributed by atoms with Gasteiger partial charge in [0.25, 0.3) is 0 Å². The molecule has 132 valence electrons. The van der Waals surface area contributed by atoms with Crippen molar-refractivity contribution in [3.05, 3.63) is 42.2 Å². The van der Waals surface area contributed by atoms with E-state index in [-0.39, 0.29) is 24.9 Å². The van der Waals surface area contributed by atoms with Crippen LogP contribution in [0.3, 0.4) is 0 Å². The van der Waals surface area contributed by atoms with Crippen LogP contribution in [0.25, 0.3) is 10.8 Å². The number of aromatic nitrogens is 1. The normalized spacial score (nSPS) is 17.0. The van der Waals surface area contributed by atoms with E-state index in [9.17, 15) is 14.7 Å². The summed E-state index contributed by atoms with van der Waals surface area (Å²) in [5.41, 5.74) is 0.0692. The van der Waals surface area contributed by atoms with E-state index in [0.717, 1.165) is 16.3 Å². The largest absolute Gasteiger partial charge is 0.384 e. The van der Waals surface area contributed by atoms with Gasteiger partial charge in [0.05, 0.1) is 19.1 Å². The second-order valence-corrected chi connectivity index (χ2v) is 6.78. The van der Waals surface area contributed by atoms with E-state index in [0.29, 0.717) is 12.8 Å². The molecule has 6 heteroatoms. The number of aryl methyl sites for hydroxylation is 1. The Balaban J connectivity index is 1.55. The van der Waals surface area contributed by atoms with Gasteiger partial charge in [0.2, 0.25) is 11.8 Å². The van der Waals surface area contributed by atoms with Gasteiger partial charge in [0.1, 0.15) is 5.60 Å². The molecule has 1 fully saturated rings. The molecule has 2 amide bonds. The van der Waals surface area contributed by atoms with Gasteiger partial charge in [-0.25, -0.2) is 0 Å². The molecule has 1 saturated heterocycles. The number of amides is 2. The maximum atomic E-state index is 12.2. The highest BCUT2D eigenvalue weighted by Gasteiger charge is 2.47. The number of benzene rings is 1. The third-order valence-corrected chi connectivity index (χ3v) is 4.95. The van der Waals surface area contributed by atoms with Gasteiger partial charge in [0.15, 0.2) is 0 Å². The fourth-order valence-electron chi connectivity index (χ4n) is 3.22. The molecule has 0 spiro atoms. The lowest BCUT2D eigenvalue weighted by Gasteiger charge is -2.49. The van der Waals surface area contributed by atoms with Crippen LogP contribution in [0.2, 0.25) is 0 Å². The van der Waals surface area contributed by atoms with E-state index in [1.165, 1.54) is 6.92 Å². The van der Waals surface area contributed by atoms with Gasteiger partial charge in [-0.1, -0.05) is 18.2 Å². The number of fused-ring (bicyclic) bond motifs is 1. The third kappa shape index (κ3) is 3.64. The molecule has 2 N–H and O–H groups in total. The smallest absolute Gasteiger partial charge is 0.220 e. The molecule has 0 radical (unpaired) electrons. The number of nitrogens with one attached hydrogen (secondary N) is 1. The third-order valence-electron chi connectivity index (χ3n) is 4.95. The molecular formula is C19H23N3O3. The fourth-order valence-corrected chi connectivity index (χ4v) is 3.22. The summed E-state index contributed by atoms with van der Waals surface area (Å²) in [6.07, 6.45) is 4.53. The zero-order chi connectivity index (χ0) is 18.0. The van der Waals surface area contributed by atoms with E-state index in [2.05, 4.69) is 10.3 Å². The summed E-state index contributed by atoms with van der Waals surface area (Å²) < 4.78 is 0. The van der Waals surface area contributed by atoms with Gasteiger partial charge in [-0.15, -0.1) is 0 Å². The summed E-state index contributed by atoms with van der Waals surface area (Å²) in [6.45, 7) is 3.78. The highest BCUT2D eigenvalue weighted by Crippen LogP contribution is 2.25. The number of rotatable bonds is 5. The minimum Gasteiger partial charge on any atom is -0.384 e. The molecule has 0 bridgehead atoms. The minimum atomic E-state index is -1.04. The second kappa shape index (κ2) is 6.80. The van der Waals surface area contributed by atoms with Crippen LogP contribution in [0, 0.1) is 0 Å². The Hall–Kier alpha value is -2.47.